The van der Waals surface area contributed by atoms with E-state index in [4.69, 9.17) is 17.3 Å². The van der Waals surface area contributed by atoms with Crippen LogP contribution < -0.4 is 10.5 Å². The van der Waals surface area contributed by atoms with Crippen molar-refractivity contribution in [1.82, 2.24) is 0 Å². The molecule has 0 bridgehead atoms. The number of benzene rings is 2. The van der Waals surface area contributed by atoms with Crippen LogP contribution in [0.25, 0.3) is 0 Å². The first kappa shape index (κ1) is 16.3. The molecule has 0 aromatic heterocycles. The van der Waals surface area contributed by atoms with Gasteiger partial charge in [0.2, 0.25) is 0 Å². The van der Waals surface area contributed by atoms with E-state index in [1.54, 1.807) is 36.4 Å². The van der Waals surface area contributed by atoms with Crippen molar-refractivity contribution >= 4 is 43.2 Å². The summed E-state index contributed by atoms with van der Waals surface area (Å²) in [4.78, 5) is 0.176. The van der Waals surface area contributed by atoms with E-state index >= 15 is 0 Å². The number of sulfonamides is 1. The van der Waals surface area contributed by atoms with Crippen molar-refractivity contribution < 1.29 is 8.42 Å². The molecule has 0 atom stereocenters. The van der Waals surface area contributed by atoms with Crippen molar-refractivity contribution in [3.63, 3.8) is 0 Å². The van der Waals surface area contributed by atoms with Crippen LogP contribution in [-0.4, -0.2) is 8.42 Å². The Morgan fingerprint density at radius 3 is 2.57 bits per heavy atom. The Hall–Kier alpha value is -1.08. The van der Waals surface area contributed by atoms with Gasteiger partial charge in [0.15, 0.2) is 0 Å². The standard InChI is InChI=1S/C14H14BrClN2O2S/c1-9-2-4-12(6-10(9)8-17)21(19,20)18-14-5-3-11(16)7-13(14)15/h2-7,18H,8,17H2,1H3. The summed E-state index contributed by atoms with van der Waals surface area (Å²) >= 11 is 9.12. The van der Waals surface area contributed by atoms with Gasteiger partial charge in [-0.15, -0.1) is 0 Å². The molecule has 0 saturated heterocycles. The van der Waals surface area contributed by atoms with Crippen LogP contribution in [0.5, 0.6) is 0 Å². The van der Waals surface area contributed by atoms with Crippen molar-refractivity contribution in [1.29, 1.82) is 0 Å². The Balaban J connectivity index is 2.38. The SMILES string of the molecule is Cc1ccc(S(=O)(=O)Nc2ccc(Cl)cc2Br)cc1CN. The molecule has 0 spiro atoms. The maximum absolute atomic E-state index is 12.4. The molecule has 0 heterocycles. The minimum absolute atomic E-state index is 0.176. The molecule has 0 amide bonds. The summed E-state index contributed by atoms with van der Waals surface area (Å²) in [5, 5.41) is 0.519. The van der Waals surface area contributed by atoms with Gasteiger partial charge in [0.05, 0.1) is 10.6 Å². The predicted molar refractivity (Wildman–Crippen MR) is 89.0 cm³/mol. The zero-order valence-electron chi connectivity index (χ0n) is 11.2. The number of anilines is 1. The van der Waals surface area contributed by atoms with Gasteiger partial charge >= 0.3 is 0 Å². The average Bonchev–Trinajstić information content (AvgIpc) is 2.42. The van der Waals surface area contributed by atoms with Crippen LogP contribution in [0.3, 0.4) is 0 Å². The summed E-state index contributed by atoms with van der Waals surface area (Å²) < 4.78 is 27.9. The number of nitrogens with two attached hydrogens (primary N) is 1. The largest absolute Gasteiger partial charge is 0.326 e. The maximum Gasteiger partial charge on any atom is 0.261 e. The third kappa shape index (κ3) is 3.77. The molecule has 0 radical (unpaired) electrons. The molecule has 0 saturated carbocycles. The predicted octanol–water partition coefficient (Wildman–Crippen LogP) is 3.67. The highest BCUT2D eigenvalue weighted by Crippen LogP contribution is 2.28. The topological polar surface area (TPSA) is 72.2 Å². The Morgan fingerprint density at radius 2 is 1.95 bits per heavy atom. The van der Waals surface area contributed by atoms with E-state index < -0.39 is 10.0 Å². The third-order valence-corrected chi connectivity index (χ3v) is 5.28. The lowest BCUT2D eigenvalue weighted by Crippen LogP contribution is -2.14. The van der Waals surface area contributed by atoms with Crippen molar-refractivity contribution in [2.24, 2.45) is 5.73 Å². The molecular formula is C14H14BrClN2O2S. The Bertz CT molecular complexity index is 779. The Labute approximate surface area is 137 Å². The number of nitrogens with one attached hydrogen (secondary N) is 1. The molecule has 2 aromatic carbocycles. The van der Waals surface area contributed by atoms with Gasteiger partial charge in [0.25, 0.3) is 10.0 Å². The number of hydrogen-bond acceptors (Lipinski definition) is 3. The summed E-state index contributed by atoms with van der Waals surface area (Å²) in [6.07, 6.45) is 0. The first-order valence-corrected chi connectivity index (χ1v) is 8.76. The van der Waals surface area contributed by atoms with Crippen LogP contribution in [0.15, 0.2) is 45.8 Å². The lowest BCUT2D eigenvalue weighted by molar-refractivity contribution is 0.601. The molecule has 0 aliphatic carbocycles. The lowest BCUT2D eigenvalue weighted by Gasteiger charge is -2.12. The highest BCUT2D eigenvalue weighted by Gasteiger charge is 2.16. The van der Waals surface area contributed by atoms with Crippen LogP contribution in [0.2, 0.25) is 5.02 Å². The molecule has 0 fully saturated rings. The molecule has 0 unspecified atom stereocenters. The lowest BCUT2D eigenvalue weighted by atomic mass is 10.1. The van der Waals surface area contributed by atoms with Crippen LogP contribution in [-0.2, 0) is 16.6 Å². The Morgan fingerprint density at radius 1 is 1.24 bits per heavy atom. The second-order valence-electron chi connectivity index (χ2n) is 4.52. The second kappa shape index (κ2) is 6.36. The minimum Gasteiger partial charge on any atom is -0.326 e. The number of hydrogen-bond donors (Lipinski definition) is 2. The number of aryl methyl sites for hydroxylation is 1. The van der Waals surface area contributed by atoms with Crippen LogP contribution in [0.1, 0.15) is 11.1 Å². The fourth-order valence-electron chi connectivity index (χ4n) is 1.81. The Kier molecular flexibility index (Phi) is 4.93. The zero-order chi connectivity index (χ0) is 15.6. The fraction of sp³-hybridized carbons (Fsp3) is 0.143. The van der Waals surface area contributed by atoms with E-state index in [1.807, 2.05) is 6.92 Å². The fourth-order valence-corrected chi connectivity index (χ4v) is 3.85. The molecule has 4 nitrogen and oxygen atoms in total. The number of halogens is 2. The van der Waals surface area contributed by atoms with Gasteiger partial charge in [-0.3, -0.25) is 4.72 Å². The van der Waals surface area contributed by atoms with Crippen molar-refractivity contribution in [3.05, 3.63) is 57.0 Å². The summed E-state index contributed by atoms with van der Waals surface area (Å²) in [7, 11) is -3.68. The molecule has 0 aliphatic heterocycles. The normalized spacial score (nSPS) is 11.4. The molecule has 112 valence electrons. The minimum atomic E-state index is -3.68. The van der Waals surface area contributed by atoms with Crippen molar-refractivity contribution in [2.75, 3.05) is 4.72 Å². The van der Waals surface area contributed by atoms with E-state index in [0.29, 0.717) is 21.7 Å². The summed E-state index contributed by atoms with van der Waals surface area (Å²) in [5.74, 6) is 0. The van der Waals surface area contributed by atoms with E-state index in [2.05, 4.69) is 20.7 Å². The van der Waals surface area contributed by atoms with E-state index in [1.165, 1.54) is 0 Å². The zero-order valence-corrected chi connectivity index (χ0v) is 14.4. The van der Waals surface area contributed by atoms with Gasteiger partial charge in [0, 0.05) is 16.0 Å². The van der Waals surface area contributed by atoms with Gasteiger partial charge in [-0.25, -0.2) is 8.42 Å². The maximum atomic E-state index is 12.4. The first-order chi connectivity index (χ1) is 9.83. The highest BCUT2D eigenvalue weighted by molar-refractivity contribution is 9.10. The summed E-state index contributed by atoms with van der Waals surface area (Å²) in [6, 6.07) is 9.72. The smallest absolute Gasteiger partial charge is 0.261 e. The molecular weight excluding hydrogens is 376 g/mol. The van der Waals surface area contributed by atoms with Crippen molar-refractivity contribution in [3.8, 4) is 0 Å². The molecule has 21 heavy (non-hydrogen) atoms. The molecule has 2 rings (SSSR count). The summed E-state index contributed by atoms with van der Waals surface area (Å²) in [6.45, 7) is 2.18. The number of rotatable bonds is 4. The van der Waals surface area contributed by atoms with Gasteiger partial charge < -0.3 is 5.73 Å². The molecule has 3 N–H and O–H groups in total. The second-order valence-corrected chi connectivity index (χ2v) is 7.50. The van der Waals surface area contributed by atoms with Crippen LogP contribution in [0, 0.1) is 6.92 Å². The first-order valence-electron chi connectivity index (χ1n) is 6.11. The average molecular weight is 390 g/mol. The molecule has 2 aromatic rings. The van der Waals surface area contributed by atoms with Gasteiger partial charge in [-0.2, -0.15) is 0 Å². The quantitative estimate of drug-likeness (QED) is 0.838. The van der Waals surface area contributed by atoms with E-state index in [9.17, 15) is 8.42 Å². The molecule has 7 heteroatoms. The van der Waals surface area contributed by atoms with Gasteiger partial charge in [-0.05, 0) is 64.3 Å². The van der Waals surface area contributed by atoms with Gasteiger partial charge in [-0.1, -0.05) is 17.7 Å². The van der Waals surface area contributed by atoms with E-state index in [0.717, 1.165) is 11.1 Å². The van der Waals surface area contributed by atoms with Crippen molar-refractivity contribution in [2.45, 2.75) is 18.4 Å². The van der Waals surface area contributed by atoms with Crippen LogP contribution in [0.4, 0.5) is 5.69 Å². The monoisotopic (exact) mass is 388 g/mol. The third-order valence-electron chi connectivity index (χ3n) is 3.03. The highest BCUT2D eigenvalue weighted by atomic mass is 79.9. The van der Waals surface area contributed by atoms with Crippen LogP contribution >= 0.6 is 27.5 Å². The van der Waals surface area contributed by atoms with Gasteiger partial charge in [0.1, 0.15) is 0 Å². The van der Waals surface area contributed by atoms with E-state index in [-0.39, 0.29) is 4.90 Å². The molecule has 0 aliphatic rings. The summed E-state index contributed by atoms with van der Waals surface area (Å²) in [5.41, 5.74) is 7.81.